The van der Waals surface area contributed by atoms with Crippen LogP contribution in [-0.2, 0) is 6.54 Å². The normalized spacial score (nSPS) is 16.0. The van der Waals surface area contributed by atoms with Gasteiger partial charge in [0.25, 0.3) is 0 Å². The first-order valence-corrected chi connectivity index (χ1v) is 6.63. The maximum Gasteiger partial charge on any atom is 0.317 e. The molecule has 0 saturated carbocycles. The van der Waals surface area contributed by atoms with Crippen LogP contribution in [0, 0.1) is 11.6 Å². The molecule has 1 aromatic carbocycles. The fourth-order valence-corrected chi connectivity index (χ4v) is 2.24. The first-order chi connectivity index (χ1) is 9.16. The fraction of sp³-hybridized carbons (Fsp3) is 0.500. The van der Waals surface area contributed by atoms with E-state index in [4.69, 9.17) is 0 Å². The number of carbonyl (C=O) groups excluding carboxylic acids is 1. The standard InChI is InChI=1S/C14H18F2N2O/c15-12-5-6-13(16)11(9-12)10-17-14(19)18-7-3-1-2-4-8-18/h5-6,9H,1-4,7-8,10H2,(H,17,19). The number of benzene rings is 1. The molecule has 0 aliphatic carbocycles. The summed E-state index contributed by atoms with van der Waals surface area (Å²) in [4.78, 5) is 13.7. The Kier molecular flexibility index (Phi) is 4.71. The highest BCUT2D eigenvalue weighted by atomic mass is 19.1. The second-order valence-corrected chi connectivity index (χ2v) is 4.80. The van der Waals surface area contributed by atoms with Gasteiger partial charge < -0.3 is 10.2 Å². The van der Waals surface area contributed by atoms with Gasteiger partial charge in [0.2, 0.25) is 0 Å². The molecule has 0 unspecified atom stereocenters. The molecular weight excluding hydrogens is 250 g/mol. The number of halogens is 2. The maximum atomic E-state index is 13.4. The Hall–Kier alpha value is -1.65. The van der Waals surface area contributed by atoms with E-state index in [9.17, 15) is 13.6 Å². The van der Waals surface area contributed by atoms with Gasteiger partial charge in [0.05, 0.1) is 0 Å². The summed E-state index contributed by atoms with van der Waals surface area (Å²) in [6.07, 6.45) is 4.29. The third-order valence-electron chi connectivity index (χ3n) is 3.33. The van der Waals surface area contributed by atoms with Crippen LogP contribution in [0.3, 0.4) is 0 Å². The monoisotopic (exact) mass is 268 g/mol. The summed E-state index contributed by atoms with van der Waals surface area (Å²) in [6.45, 7) is 1.48. The SMILES string of the molecule is O=C(NCc1cc(F)ccc1F)N1CCCCCC1. The Bertz CT molecular complexity index is 443. The first-order valence-electron chi connectivity index (χ1n) is 6.63. The van der Waals surface area contributed by atoms with Crippen LogP contribution in [0.5, 0.6) is 0 Å². The molecule has 1 heterocycles. The number of amides is 2. The molecule has 0 bridgehead atoms. The van der Waals surface area contributed by atoms with E-state index in [1.165, 1.54) is 0 Å². The van der Waals surface area contributed by atoms with Gasteiger partial charge in [0.1, 0.15) is 11.6 Å². The van der Waals surface area contributed by atoms with Crippen LogP contribution >= 0.6 is 0 Å². The van der Waals surface area contributed by atoms with Crippen molar-refractivity contribution in [3.63, 3.8) is 0 Å². The smallest absolute Gasteiger partial charge is 0.317 e. The van der Waals surface area contributed by atoms with Gasteiger partial charge in [0, 0.05) is 25.2 Å². The minimum absolute atomic E-state index is 0.0128. The molecule has 1 fully saturated rings. The lowest BCUT2D eigenvalue weighted by Gasteiger charge is -2.20. The number of nitrogens with one attached hydrogen (secondary N) is 1. The Labute approximate surface area is 111 Å². The van der Waals surface area contributed by atoms with Crippen LogP contribution in [0.15, 0.2) is 18.2 Å². The highest BCUT2D eigenvalue weighted by Crippen LogP contribution is 2.11. The number of likely N-dealkylation sites (tertiary alicyclic amines) is 1. The molecule has 1 aliphatic rings. The van der Waals surface area contributed by atoms with E-state index in [0.29, 0.717) is 0 Å². The Morgan fingerprint density at radius 1 is 1.16 bits per heavy atom. The summed E-state index contributed by atoms with van der Waals surface area (Å²) in [5.74, 6) is -1.00. The molecule has 1 aliphatic heterocycles. The van der Waals surface area contributed by atoms with Gasteiger partial charge in [-0.1, -0.05) is 12.8 Å². The van der Waals surface area contributed by atoms with E-state index >= 15 is 0 Å². The predicted octanol–water partition coefficient (Wildman–Crippen LogP) is 3.05. The molecule has 0 atom stereocenters. The quantitative estimate of drug-likeness (QED) is 0.878. The third-order valence-corrected chi connectivity index (χ3v) is 3.33. The van der Waals surface area contributed by atoms with Crippen molar-refractivity contribution in [3.05, 3.63) is 35.4 Å². The molecule has 2 amide bonds. The molecule has 2 rings (SSSR count). The molecule has 0 aromatic heterocycles. The largest absolute Gasteiger partial charge is 0.334 e. The van der Waals surface area contributed by atoms with Gasteiger partial charge in [0.15, 0.2) is 0 Å². The molecule has 1 saturated heterocycles. The third kappa shape index (κ3) is 3.91. The van der Waals surface area contributed by atoms with Crippen LogP contribution in [0.4, 0.5) is 13.6 Å². The van der Waals surface area contributed by atoms with Crippen LogP contribution in [0.25, 0.3) is 0 Å². The molecule has 0 radical (unpaired) electrons. The van der Waals surface area contributed by atoms with Gasteiger partial charge in [-0.05, 0) is 31.0 Å². The average Bonchev–Trinajstić information content (AvgIpc) is 2.68. The number of rotatable bonds is 2. The van der Waals surface area contributed by atoms with Crippen molar-refractivity contribution in [2.24, 2.45) is 0 Å². The van der Waals surface area contributed by atoms with Crippen molar-refractivity contribution < 1.29 is 13.6 Å². The molecule has 104 valence electrons. The number of urea groups is 1. The maximum absolute atomic E-state index is 13.4. The summed E-state index contributed by atoms with van der Waals surface area (Å²) in [7, 11) is 0. The van der Waals surface area contributed by atoms with E-state index in [1.807, 2.05) is 0 Å². The van der Waals surface area contributed by atoms with E-state index in [0.717, 1.165) is 57.0 Å². The van der Waals surface area contributed by atoms with Crippen molar-refractivity contribution in [3.8, 4) is 0 Å². The number of hydrogen-bond acceptors (Lipinski definition) is 1. The van der Waals surface area contributed by atoms with Crippen LogP contribution in [0.1, 0.15) is 31.2 Å². The van der Waals surface area contributed by atoms with Crippen LogP contribution in [0.2, 0.25) is 0 Å². The molecule has 3 nitrogen and oxygen atoms in total. The molecular formula is C14H18F2N2O. The summed E-state index contributed by atoms with van der Waals surface area (Å²) in [6, 6.07) is 3.04. The molecule has 19 heavy (non-hydrogen) atoms. The number of carbonyl (C=O) groups is 1. The van der Waals surface area contributed by atoms with Gasteiger partial charge in [-0.25, -0.2) is 13.6 Å². The highest BCUT2D eigenvalue weighted by Gasteiger charge is 2.15. The minimum Gasteiger partial charge on any atom is -0.334 e. The lowest BCUT2D eigenvalue weighted by atomic mass is 10.2. The average molecular weight is 268 g/mol. The predicted molar refractivity (Wildman–Crippen MR) is 68.6 cm³/mol. The zero-order valence-corrected chi connectivity index (χ0v) is 10.8. The minimum atomic E-state index is -0.502. The van der Waals surface area contributed by atoms with E-state index in [1.54, 1.807) is 4.90 Å². The lowest BCUT2D eigenvalue weighted by Crippen LogP contribution is -2.40. The van der Waals surface area contributed by atoms with Crippen molar-refractivity contribution in [1.82, 2.24) is 10.2 Å². The van der Waals surface area contributed by atoms with Gasteiger partial charge in [-0.3, -0.25) is 0 Å². The zero-order chi connectivity index (χ0) is 13.7. The second-order valence-electron chi connectivity index (χ2n) is 4.80. The van der Waals surface area contributed by atoms with Crippen molar-refractivity contribution >= 4 is 6.03 Å². The summed E-state index contributed by atoms with van der Waals surface area (Å²) < 4.78 is 26.4. The van der Waals surface area contributed by atoms with Gasteiger partial charge >= 0.3 is 6.03 Å². The molecule has 0 spiro atoms. The summed E-state index contributed by atoms with van der Waals surface area (Å²) in [5.41, 5.74) is 0.170. The van der Waals surface area contributed by atoms with Crippen molar-refractivity contribution in [2.75, 3.05) is 13.1 Å². The van der Waals surface area contributed by atoms with E-state index in [2.05, 4.69) is 5.32 Å². The fourth-order valence-electron chi connectivity index (χ4n) is 2.24. The lowest BCUT2D eigenvalue weighted by molar-refractivity contribution is 0.199. The summed E-state index contributed by atoms with van der Waals surface area (Å²) in [5, 5.41) is 2.64. The van der Waals surface area contributed by atoms with Crippen LogP contribution in [-0.4, -0.2) is 24.0 Å². The molecule has 5 heteroatoms. The molecule has 1 aromatic rings. The second kappa shape index (κ2) is 6.50. The number of nitrogens with zero attached hydrogens (tertiary/aromatic N) is 1. The zero-order valence-electron chi connectivity index (χ0n) is 10.8. The Morgan fingerprint density at radius 2 is 1.84 bits per heavy atom. The Morgan fingerprint density at radius 3 is 2.53 bits per heavy atom. The van der Waals surface area contributed by atoms with Gasteiger partial charge in [-0.2, -0.15) is 0 Å². The van der Waals surface area contributed by atoms with E-state index in [-0.39, 0.29) is 18.1 Å². The number of hydrogen-bond donors (Lipinski definition) is 1. The topological polar surface area (TPSA) is 32.3 Å². The summed E-state index contributed by atoms with van der Waals surface area (Å²) >= 11 is 0. The Balaban J connectivity index is 1.90. The van der Waals surface area contributed by atoms with Crippen molar-refractivity contribution in [2.45, 2.75) is 32.2 Å². The van der Waals surface area contributed by atoms with Crippen LogP contribution < -0.4 is 5.32 Å². The van der Waals surface area contributed by atoms with Crippen molar-refractivity contribution in [1.29, 1.82) is 0 Å². The molecule has 1 N–H and O–H groups in total. The first kappa shape index (κ1) is 13.8. The van der Waals surface area contributed by atoms with E-state index < -0.39 is 11.6 Å². The van der Waals surface area contributed by atoms with Gasteiger partial charge in [-0.15, -0.1) is 0 Å². The highest BCUT2D eigenvalue weighted by molar-refractivity contribution is 5.74.